The highest BCUT2D eigenvalue weighted by atomic mass is 16.5. The summed E-state index contributed by atoms with van der Waals surface area (Å²) in [5.74, 6) is -0.464. The lowest BCUT2D eigenvalue weighted by Crippen LogP contribution is -2.13. The van der Waals surface area contributed by atoms with Gasteiger partial charge in [-0.3, -0.25) is 4.79 Å². The van der Waals surface area contributed by atoms with Gasteiger partial charge < -0.3 is 16.2 Å². The van der Waals surface area contributed by atoms with Gasteiger partial charge in [0.25, 0.3) is 0 Å². The highest BCUT2D eigenvalue weighted by molar-refractivity contribution is 5.93. The van der Waals surface area contributed by atoms with E-state index in [9.17, 15) is 4.79 Å². The smallest absolute Gasteiger partial charge is 0.248 e. The van der Waals surface area contributed by atoms with E-state index in [-0.39, 0.29) is 6.10 Å². The largest absolute Gasteiger partial charge is 0.398 e. The van der Waals surface area contributed by atoms with E-state index >= 15 is 0 Å². The summed E-state index contributed by atoms with van der Waals surface area (Å²) in [4.78, 5) is 11.0. The molecule has 1 aromatic rings. The number of anilines is 1. The topological polar surface area (TPSA) is 78.3 Å². The van der Waals surface area contributed by atoms with Crippen LogP contribution >= 0.6 is 0 Å². The van der Waals surface area contributed by atoms with Crippen LogP contribution in [-0.4, -0.2) is 12.0 Å². The number of nitrogens with two attached hydrogens (primary N) is 2. The predicted octanol–water partition coefficient (Wildman–Crippen LogP) is 3.24. The molecule has 0 fully saturated rings. The van der Waals surface area contributed by atoms with E-state index in [1.807, 2.05) is 0 Å². The van der Waals surface area contributed by atoms with Crippen LogP contribution in [-0.2, 0) is 11.3 Å². The number of unbranched alkanes of at least 4 members (excludes halogenated alkanes) is 3. The third-order valence-corrected chi connectivity index (χ3v) is 3.42. The first-order valence-corrected chi connectivity index (χ1v) is 7.34. The molecule has 0 aliphatic heterocycles. The highest BCUT2D eigenvalue weighted by Gasteiger charge is 2.07. The third kappa shape index (κ3) is 5.61. The zero-order valence-electron chi connectivity index (χ0n) is 12.5. The van der Waals surface area contributed by atoms with Crippen molar-refractivity contribution in [2.24, 2.45) is 5.73 Å². The van der Waals surface area contributed by atoms with E-state index in [2.05, 4.69) is 13.8 Å². The van der Waals surface area contributed by atoms with Gasteiger partial charge in [-0.2, -0.15) is 0 Å². The molecular weight excluding hydrogens is 252 g/mol. The Labute approximate surface area is 121 Å². The Kier molecular flexibility index (Phi) is 7.09. The molecule has 0 radical (unpaired) electrons. The van der Waals surface area contributed by atoms with Gasteiger partial charge in [0.1, 0.15) is 0 Å². The lowest BCUT2D eigenvalue weighted by atomic mass is 10.1. The summed E-state index contributed by atoms with van der Waals surface area (Å²) >= 11 is 0. The van der Waals surface area contributed by atoms with Crippen LogP contribution in [0.15, 0.2) is 18.2 Å². The lowest BCUT2D eigenvalue weighted by molar-refractivity contribution is 0.0462. The highest BCUT2D eigenvalue weighted by Crippen LogP contribution is 2.17. The average Bonchev–Trinajstić information content (AvgIpc) is 2.42. The van der Waals surface area contributed by atoms with Crippen LogP contribution in [0, 0.1) is 0 Å². The van der Waals surface area contributed by atoms with E-state index in [1.54, 1.807) is 18.2 Å². The fraction of sp³-hybridized carbons (Fsp3) is 0.562. The van der Waals surface area contributed by atoms with Crippen molar-refractivity contribution in [3.63, 3.8) is 0 Å². The van der Waals surface area contributed by atoms with Gasteiger partial charge in [0, 0.05) is 16.8 Å². The number of carbonyl (C=O) groups is 1. The van der Waals surface area contributed by atoms with Crippen molar-refractivity contribution in [3.05, 3.63) is 29.3 Å². The molecule has 112 valence electrons. The fourth-order valence-electron chi connectivity index (χ4n) is 2.05. The molecule has 20 heavy (non-hydrogen) atoms. The molecule has 1 rings (SSSR count). The van der Waals surface area contributed by atoms with Gasteiger partial charge in [-0.25, -0.2) is 0 Å². The third-order valence-electron chi connectivity index (χ3n) is 3.42. The quantitative estimate of drug-likeness (QED) is 0.537. The number of rotatable bonds is 9. The number of hydrogen-bond donors (Lipinski definition) is 2. The molecule has 0 aliphatic carbocycles. The van der Waals surface area contributed by atoms with E-state index < -0.39 is 5.91 Å². The van der Waals surface area contributed by atoms with Crippen molar-refractivity contribution in [2.45, 2.75) is 58.7 Å². The minimum Gasteiger partial charge on any atom is -0.398 e. The standard InChI is InChI=1S/C16H26N2O2/c1-3-4-5-6-7-12(2)20-11-14-9-8-13(16(18)19)10-15(14)17/h8-10,12H,3-7,11,17H2,1-2H3,(H2,18,19). The summed E-state index contributed by atoms with van der Waals surface area (Å²) in [5, 5.41) is 0. The molecule has 1 amide bonds. The first-order valence-electron chi connectivity index (χ1n) is 7.34. The van der Waals surface area contributed by atoms with Crippen molar-refractivity contribution in [1.82, 2.24) is 0 Å². The molecule has 0 saturated carbocycles. The lowest BCUT2D eigenvalue weighted by Gasteiger charge is -2.14. The molecule has 0 saturated heterocycles. The van der Waals surface area contributed by atoms with Gasteiger partial charge in [-0.15, -0.1) is 0 Å². The summed E-state index contributed by atoms with van der Waals surface area (Å²) in [6.45, 7) is 4.76. The Morgan fingerprint density at radius 1 is 1.30 bits per heavy atom. The van der Waals surface area contributed by atoms with Gasteiger partial charge in [-0.1, -0.05) is 38.7 Å². The monoisotopic (exact) mass is 278 g/mol. The number of ether oxygens (including phenoxy) is 1. The van der Waals surface area contributed by atoms with Crippen LogP contribution in [0.2, 0.25) is 0 Å². The second-order valence-electron chi connectivity index (χ2n) is 5.25. The molecular formula is C16H26N2O2. The number of benzene rings is 1. The normalized spacial score (nSPS) is 12.3. The number of primary amides is 1. The molecule has 0 spiro atoms. The van der Waals surface area contributed by atoms with Crippen molar-refractivity contribution in [1.29, 1.82) is 0 Å². The molecule has 0 aromatic heterocycles. The first kappa shape index (κ1) is 16.5. The van der Waals surface area contributed by atoms with Gasteiger partial charge in [-0.05, 0) is 25.5 Å². The van der Waals surface area contributed by atoms with Crippen LogP contribution in [0.1, 0.15) is 61.9 Å². The van der Waals surface area contributed by atoms with Gasteiger partial charge in [0.05, 0.1) is 12.7 Å². The Balaban J connectivity index is 2.39. The van der Waals surface area contributed by atoms with Crippen LogP contribution in [0.4, 0.5) is 5.69 Å². The molecule has 4 heteroatoms. The number of carbonyl (C=O) groups excluding carboxylic acids is 1. The Morgan fingerprint density at radius 2 is 2.05 bits per heavy atom. The molecule has 0 aliphatic rings. The van der Waals surface area contributed by atoms with Crippen LogP contribution in [0.3, 0.4) is 0 Å². The number of amides is 1. The first-order chi connectivity index (χ1) is 9.54. The average molecular weight is 278 g/mol. The molecule has 1 unspecified atom stereocenters. The van der Waals surface area contributed by atoms with E-state index in [0.717, 1.165) is 12.0 Å². The maximum atomic E-state index is 11.0. The van der Waals surface area contributed by atoms with Crippen LogP contribution in [0.5, 0.6) is 0 Å². The van der Waals surface area contributed by atoms with E-state index in [4.69, 9.17) is 16.2 Å². The molecule has 0 heterocycles. The molecule has 1 aromatic carbocycles. The maximum absolute atomic E-state index is 11.0. The van der Waals surface area contributed by atoms with Gasteiger partial charge in [0.15, 0.2) is 0 Å². The van der Waals surface area contributed by atoms with E-state index in [0.29, 0.717) is 17.9 Å². The summed E-state index contributed by atoms with van der Waals surface area (Å²) in [6, 6.07) is 5.09. The number of hydrogen-bond acceptors (Lipinski definition) is 3. The molecule has 0 bridgehead atoms. The minimum atomic E-state index is -0.464. The Bertz CT molecular complexity index is 432. The summed E-state index contributed by atoms with van der Waals surface area (Å²) in [5.41, 5.74) is 13.0. The SMILES string of the molecule is CCCCCCC(C)OCc1ccc(C(N)=O)cc1N. The second-order valence-corrected chi connectivity index (χ2v) is 5.25. The second kappa shape index (κ2) is 8.59. The minimum absolute atomic E-state index is 0.224. The summed E-state index contributed by atoms with van der Waals surface area (Å²) in [6.07, 6.45) is 6.29. The number of nitrogen functional groups attached to an aromatic ring is 1. The van der Waals surface area contributed by atoms with E-state index in [1.165, 1.54) is 25.7 Å². The summed E-state index contributed by atoms with van der Waals surface area (Å²) < 4.78 is 5.79. The van der Waals surface area contributed by atoms with Crippen molar-refractivity contribution in [2.75, 3.05) is 5.73 Å². The Morgan fingerprint density at radius 3 is 2.65 bits per heavy atom. The zero-order chi connectivity index (χ0) is 15.0. The fourth-order valence-corrected chi connectivity index (χ4v) is 2.05. The van der Waals surface area contributed by atoms with Gasteiger partial charge >= 0.3 is 0 Å². The molecule has 4 nitrogen and oxygen atoms in total. The predicted molar refractivity (Wildman–Crippen MR) is 82.4 cm³/mol. The zero-order valence-corrected chi connectivity index (χ0v) is 12.5. The molecule has 1 atom stereocenters. The van der Waals surface area contributed by atoms with Crippen LogP contribution < -0.4 is 11.5 Å². The van der Waals surface area contributed by atoms with Crippen molar-refractivity contribution in [3.8, 4) is 0 Å². The summed E-state index contributed by atoms with van der Waals surface area (Å²) in [7, 11) is 0. The van der Waals surface area contributed by atoms with Crippen molar-refractivity contribution >= 4 is 11.6 Å². The van der Waals surface area contributed by atoms with Crippen LogP contribution in [0.25, 0.3) is 0 Å². The Hall–Kier alpha value is -1.55. The van der Waals surface area contributed by atoms with Crippen molar-refractivity contribution < 1.29 is 9.53 Å². The van der Waals surface area contributed by atoms with Gasteiger partial charge in [0.2, 0.25) is 5.91 Å². The molecule has 4 N–H and O–H groups in total. The maximum Gasteiger partial charge on any atom is 0.248 e.